The van der Waals surface area contributed by atoms with Gasteiger partial charge in [-0.25, -0.2) is 0 Å². The van der Waals surface area contributed by atoms with Crippen LogP contribution in [0.2, 0.25) is 10.0 Å². The van der Waals surface area contributed by atoms with Gasteiger partial charge in [0.15, 0.2) is 0 Å². The Morgan fingerprint density at radius 3 is 2.05 bits per heavy atom. The van der Waals surface area contributed by atoms with Crippen LogP contribution < -0.4 is 0 Å². The molecule has 0 fully saturated rings. The van der Waals surface area contributed by atoms with Crippen LogP contribution in [0.5, 0.6) is 0 Å². The van der Waals surface area contributed by atoms with Crippen LogP contribution in [0.25, 0.3) is 0 Å². The van der Waals surface area contributed by atoms with Gasteiger partial charge >= 0.3 is 6.18 Å². The van der Waals surface area contributed by atoms with Gasteiger partial charge in [-0.3, -0.25) is 4.18 Å². The molecular weight excluding hydrogens is 328 g/mol. The number of rotatable bonds is 4. The summed E-state index contributed by atoms with van der Waals surface area (Å²) in [5.41, 5.74) is -0.754. The summed E-state index contributed by atoms with van der Waals surface area (Å²) in [7, 11) is -3.62. The maximum Gasteiger partial charge on any atom is 0.416 e. The van der Waals surface area contributed by atoms with Gasteiger partial charge < -0.3 is 0 Å². The summed E-state index contributed by atoms with van der Waals surface area (Å²) in [6.45, 7) is -0.246. The average molecular weight is 337 g/mol. The van der Waals surface area contributed by atoms with Crippen LogP contribution >= 0.6 is 23.2 Å². The minimum Gasteiger partial charge on any atom is -0.270 e. The van der Waals surface area contributed by atoms with Crippen molar-refractivity contribution in [2.24, 2.45) is 0 Å². The fourth-order valence-electron chi connectivity index (χ4n) is 1.30. The number of benzene rings is 1. The summed E-state index contributed by atoms with van der Waals surface area (Å²) in [5, 5.41) is -0.367. The van der Waals surface area contributed by atoms with Crippen LogP contribution in [0.3, 0.4) is 0 Å². The van der Waals surface area contributed by atoms with Crippen LogP contribution in [0.1, 0.15) is 11.1 Å². The molecule has 0 aromatic heterocycles. The predicted molar refractivity (Wildman–Crippen MR) is 66.0 cm³/mol. The predicted octanol–water partition coefficient (Wildman–Crippen LogP) is 3.53. The zero-order chi connectivity index (χ0) is 14.8. The standard InChI is InChI=1S/C10H9Cl2F3O3S/c1-19(16,17)18-3-2-7-8(11)4-6(5-9(7)12)10(13,14)15/h4-5H,2-3H2,1H3. The molecule has 0 unspecified atom stereocenters. The third kappa shape index (κ3) is 5.18. The normalized spacial score (nSPS) is 12.7. The Morgan fingerprint density at radius 1 is 1.21 bits per heavy atom. The molecule has 19 heavy (non-hydrogen) atoms. The quantitative estimate of drug-likeness (QED) is 0.790. The molecule has 9 heteroatoms. The van der Waals surface area contributed by atoms with Gasteiger partial charge in [0.25, 0.3) is 10.1 Å². The second-order valence-corrected chi connectivity index (χ2v) is 6.15. The molecule has 0 bridgehead atoms. The molecule has 0 spiro atoms. The van der Waals surface area contributed by atoms with Crippen molar-refractivity contribution in [3.63, 3.8) is 0 Å². The summed E-state index contributed by atoms with van der Waals surface area (Å²) >= 11 is 11.4. The minimum atomic E-state index is -4.55. The summed E-state index contributed by atoms with van der Waals surface area (Å²) in [5.74, 6) is 0. The van der Waals surface area contributed by atoms with Gasteiger partial charge in [-0.1, -0.05) is 23.2 Å². The van der Waals surface area contributed by atoms with Crippen LogP contribution in [0, 0.1) is 0 Å². The number of hydrogen-bond acceptors (Lipinski definition) is 3. The molecular formula is C10H9Cl2F3O3S. The highest BCUT2D eigenvalue weighted by atomic mass is 35.5. The van der Waals surface area contributed by atoms with E-state index in [1.54, 1.807) is 0 Å². The van der Waals surface area contributed by atoms with Gasteiger partial charge in [-0.05, 0) is 17.7 Å². The van der Waals surface area contributed by atoms with E-state index in [9.17, 15) is 21.6 Å². The van der Waals surface area contributed by atoms with E-state index in [1.165, 1.54) is 0 Å². The van der Waals surface area contributed by atoms with Crippen molar-refractivity contribution < 1.29 is 25.8 Å². The lowest BCUT2D eigenvalue weighted by Crippen LogP contribution is -2.09. The molecule has 0 saturated heterocycles. The van der Waals surface area contributed by atoms with Crippen molar-refractivity contribution in [1.29, 1.82) is 0 Å². The average Bonchev–Trinajstić information content (AvgIpc) is 2.18. The first-order valence-corrected chi connectivity index (χ1v) is 7.47. The molecule has 3 nitrogen and oxygen atoms in total. The fraction of sp³-hybridized carbons (Fsp3) is 0.400. The number of halogens is 5. The van der Waals surface area contributed by atoms with E-state index >= 15 is 0 Å². The van der Waals surface area contributed by atoms with E-state index in [-0.39, 0.29) is 28.6 Å². The lowest BCUT2D eigenvalue weighted by atomic mass is 10.1. The molecule has 0 aliphatic heterocycles. The largest absolute Gasteiger partial charge is 0.416 e. The first kappa shape index (κ1) is 16.6. The molecule has 0 saturated carbocycles. The molecule has 108 valence electrons. The van der Waals surface area contributed by atoms with Gasteiger partial charge in [-0.15, -0.1) is 0 Å². The molecule has 1 rings (SSSR count). The van der Waals surface area contributed by atoms with Crippen molar-refractivity contribution in [3.05, 3.63) is 33.3 Å². The highest BCUT2D eigenvalue weighted by Crippen LogP contribution is 2.35. The molecule has 0 aliphatic rings. The maximum absolute atomic E-state index is 12.5. The Kier molecular flexibility index (Phi) is 5.11. The van der Waals surface area contributed by atoms with Crippen LogP contribution in [-0.4, -0.2) is 21.3 Å². The summed E-state index contributed by atoms with van der Waals surface area (Å²) in [6, 6.07) is 1.48. The lowest BCUT2D eigenvalue weighted by molar-refractivity contribution is -0.137. The van der Waals surface area contributed by atoms with Crippen molar-refractivity contribution in [3.8, 4) is 0 Å². The lowest BCUT2D eigenvalue weighted by Gasteiger charge is -2.12. The van der Waals surface area contributed by atoms with E-state index in [0.717, 1.165) is 18.4 Å². The minimum absolute atomic E-state index is 0.0110. The SMILES string of the molecule is CS(=O)(=O)OCCc1c(Cl)cc(C(F)(F)F)cc1Cl. The monoisotopic (exact) mass is 336 g/mol. The Morgan fingerprint density at radius 2 is 1.68 bits per heavy atom. The van der Waals surface area contributed by atoms with E-state index < -0.39 is 21.9 Å². The Labute approximate surface area is 118 Å². The first-order chi connectivity index (χ1) is 8.50. The molecule has 0 amide bonds. The fourth-order valence-corrected chi connectivity index (χ4v) is 2.36. The summed E-state index contributed by atoms with van der Waals surface area (Å²) in [4.78, 5) is 0. The van der Waals surface area contributed by atoms with Gasteiger partial charge in [0, 0.05) is 16.5 Å². The zero-order valence-corrected chi connectivity index (χ0v) is 11.9. The van der Waals surface area contributed by atoms with Gasteiger partial charge in [-0.2, -0.15) is 21.6 Å². The van der Waals surface area contributed by atoms with Crippen LogP contribution in [0.15, 0.2) is 12.1 Å². The van der Waals surface area contributed by atoms with E-state index in [1.807, 2.05) is 0 Å². The van der Waals surface area contributed by atoms with Crippen molar-refractivity contribution >= 4 is 33.3 Å². The second kappa shape index (κ2) is 5.87. The highest BCUT2D eigenvalue weighted by Gasteiger charge is 2.31. The third-order valence-electron chi connectivity index (χ3n) is 2.12. The molecule has 0 atom stereocenters. The number of hydrogen-bond donors (Lipinski definition) is 0. The maximum atomic E-state index is 12.5. The van der Waals surface area contributed by atoms with Gasteiger partial charge in [0.1, 0.15) is 0 Å². The molecule has 1 aromatic rings. The molecule has 0 aliphatic carbocycles. The van der Waals surface area contributed by atoms with Crippen molar-refractivity contribution in [2.75, 3.05) is 12.9 Å². The molecule has 0 N–H and O–H groups in total. The number of alkyl halides is 3. The second-order valence-electron chi connectivity index (χ2n) is 3.69. The topological polar surface area (TPSA) is 43.4 Å². The van der Waals surface area contributed by atoms with Crippen LogP contribution in [-0.2, 0) is 26.9 Å². The van der Waals surface area contributed by atoms with Gasteiger partial charge in [0.05, 0.1) is 18.4 Å². The van der Waals surface area contributed by atoms with Crippen molar-refractivity contribution in [1.82, 2.24) is 0 Å². The third-order valence-corrected chi connectivity index (χ3v) is 3.39. The molecule has 1 aromatic carbocycles. The highest BCUT2D eigenvalue weighted by molar-refractivity contribution is 7.85. The van der Waals surface area contributed by atoms with E-state index in [0.29, 0.717) is 0 Å². The smallest absolute Gasteiger partial charge is 0.270 e. The summed E-state index contributed by atoms with van der Waals surface area (Å²) < 4.78 is 63.4. The zero-order valence-electron chi connectivity index (χ0n) is 9.59. The van der Waals surface area contributed by atoms with Crippen molar-refractivity contribution in [2.45, 2.75) is 12.6 Å². The Hall–Kier alpha value is -0.500. The molecule has 0 radical (unpaired) electrons. The van der Waals surface area contributed by atoms with Gasteiger partial charge in [0.2, 0.25) is 0 Å². The Bertz CT molecular complexity index is 547. The van der Waals surface area contributed by atoms with Crippen LogP contribution in [0.4, 0.5) is 13.2 Å². The van der Waals surface area contributed by atoms with E-state index in [2.05, 4.69) is 4.18 Å². The first-order valence-electron chi connectivity index (χ1n) is 4.90. The van der Waals surface area contributed by atoms with E-state index in [4.69, 9.17) is 23.2 Å². The molecule has 0 heterocycles. The summed E-state index contributed by atoms with van der Waals surface area (Å²) in [6.07, 6.45) is -3.69. The Balaban J connectivity index is 2.92.